The number of aromatic nitrogens is 1. The fraction of sp³-hybridized carbons (Fsp3) is 0.667. The van der Waals surface area contributed by atoms with Crippen LogP contribution in [0.3, 0.4) is 0 Å². The molecule has 1 rings (SSSR count). The summed E-state index contributed by atoms with van der Waals surface area (Å²) in [5.74, 6) is 1.71. The van der Waals surface area contributed by atoms with E-state index in [1.54, 1.807) is 7.11 Å². The number of hydrogen-bond acceptors (Lipinski definition) is 3. The molecule has 0 saturated carbocycles. The van der Waals surface area contributed by atoms with Gasteiger partial charge in [-0.15, -0.1) is 11.6 Å². The summed E-state index contributed by atoms with van der Waals surface area (Å²) in [7, 11) is 1.69. The van der Waals surface area contributed by atoms with Crippen LogP contribution in [-0.4, -0.2) is 18.7 Å². The molecule has 1 aromatic heterocycles. The van der Waals surface area contributed by atoms with Crippen molar-refractivity contribution in [1.29, 1.82) is 0 Å². The molecule has 1 heterocycles. The van der Waals surface area contributed by atoms with Gasteiger partial charge in [0.25, 0.3) is 0 Å². The maximum Gasteiger partial charge on any atom is 0.181 e. The molecule has 3 nitrogen and oxygen atoms in total. The number of nitrogens with zero attached hydrogens (tertiary/aromatic N) is 1. The number of ether oxygens (including phenoxy) is 1. The van der Waals surface area contributed by atoms with Crippen molar-refractivity contribution >= 4 is 11.6 Å². The van der Waals surface area contributed by atoms with Gasteiger partial charge in [-0.1, -0.05) is 6.92 Å². The van der Waals surface area contributed by atoms with Crippen molar-refractivity contribution in [2.75, 3.05) is 13.7 Å². The lowest BCUT2D eigenvalue weighted by molar-refractivity contribution is 0.157. The Morgan fingerprint density at radius 1 is 1.69 bits per heavy atom. The molecule has 0 bridgehead atoms. The lowest BCUT2D eigenvalue weighted by atomic mass is 10.1. The maximum atomic E-state index is 5.68. The van der Waals surface area contributed by atoms with E-state index in [9.17, 15) is 0 Å². The van der Waals surface area contributed by atoms with E-state index in [2.05, 4.69) is 11.9 Å². The van der Waals surface area contributed by atoms with Crippen LogP contribution < -0.4 is 0 Å². The minimum Gasteiger partial charge on any atom is -0.448 e. The van der Waals surface area contributed by atoms with Crippen LogP contribution in [0.2, 0.25) is 0 Å². The van der Waals surface area contributed by atoms with E-state index in [4.69, 9.17) is 20.8 Å². The standard InChI is InChI=1S/C9H14ClNO2/c1-7(5-12-2)3-9-8(4-10)11-6-13-9/h6-7H,3-5H2,1-2H3. The van der Waals surface area contributed by atoms with Crippen LogP contribution in [0, 0.1) is 5.92 Å². The number of methoxy groups -OCH3 is 1. The van der Waals surface area contributed by atoms with Crippen molar-refractivity contribution in [2.45, 2.75) is 19.2 Å². The maximum absolute atomic E-state index is 5.68. The predicted octanol–water partition coefficient (Wildman–Crippen LogP) is 2.24. The van der Waals surface area contributed by atoms with Gasteiger partial charge in [-0.25, -0.2) is 4.98 Å². The molecule has 0 radical (unpaired) electrons. The fourth-order valence-corrected chi connectivity index (χ4v) is 1.45. The average Bonchev–Trinajstić information content (AvgIpc) is 2.52. The Morgan fingerprint density at radius 2 is 2.46 bits per heavy atom. The van der Waals surface area contributed by atoms with Gasteiger partial charge in [0.05, 0.1) is 11.6 Å². The number of rotatable bonds is 5. The summed E-state index contributed by atoms with van der Waals surface area (Å²) in [6.07, 6.45) is 2.27. The second-order valence-electron chi connectivity index (χ2n) is 3.12. The van der Waals surface area contributed by atoms with Crippen LogP contribution in [0.15, 0.2) is 10.8 Å². The Balaban J connectivity index is 2.52. The smallest absolute Gasteiger partial charge is 0.181 e. The normalized spacial score (nSPS) is 13.2. The van der Waals surface area contributed by atoms with Crippen LogP contribution in [0.4, 0.5) is 0 Å². The first kappa shape index (κ1) is 10.5. The molecule has 74 valence electrons. The van der Waals surface area contributed by atoms with E-state index in [1.807, 2.05) is 0 Å². The van der Waals surface area contributed by atoms with Crippen LogP contribution in [-0.2, 0) is 17.0 Å². The topological polar surface area (TPSA) is 35.3 Å². The zero-order chi connectivity index (χ0) is 9.68. The Labute approximate surface area is 83.1 Å². The fourth-order valence-electron chi connectivity index (χ4n) is 1.23. The van der Waals surface area contributed by atoms with Gasteiger partial charge in [-0.3, -0.25) is 0 Å². The first-order chi connectivity index (χ1) is 6.27. The summed E-state index contributed by atoms with van der Waals surface area (Å²) in [5.41, 5.74) is 0.838. The summed E-state index contributed by atoms with van der Waals surface area (Å²) >= 11 is 5.68. The van der Waals surface area contributed by atoms with Crippen LogP contribution in [0.25, 0.3) is 0 Å². The van der Waals surface area contributed by atoms with E-state index >= 15 is 0 Å². The molecule has 0 amide bonds. The largest absolute Gasteiger partial charge is 0.448 e. The summed E-state index contributed by atoms with van der Waals surface area (Å²) in [6, 6.07) is 0. The quantitative estimate of drug-likeness (QED) is 0.689. The van der Waals surface area contributed by atoms with E-state index in [0.29, 0.717) is 11.8 Å². The monoisotopic (exact) mass is 203 g/mol. The number of oxazole rings is 1. The minimum absolute atomic E-state index is 0.408. The van der Waals surface area contributed by atoms with E-state index in [-0.39, 0.29) is 0 Å². The lowest BCUT2D eigenvalue weighted by Gasteiger charge is -2.07. The third kappa shape index (κ3) is 3.01. The SMILES string of the molecule is COCC(C)Cc1ocnc1CCl. The number of halogens is 1. The first-order valence-electron chi connectivity index (χ1n) is 4.24. The molecular weight excluding hydrogens is 190 g/mol. The first-order valence-corrected chi connectivity index (χ1v) is 4.77. The molecule has 1 aromatic rings. The van der Waals surface area contributed by atoms with Gasteiger partial charge in [-0.2, -0.15) is 0 Å². The minimum atomic E-state index is 0.408. The molecule has 1 unspecified atom stereocenters. The molecule has 0 fully saturated rings. The van der Waals surface area contributed by atoms with Crippen molar-refractivity contribution < 1.29 is 9.15 Å². The highest BCUT2D eigenvalue weighted by atomic mass is 35.5. The molecule has 1 atom stereocenters. The van der Waals surface area contributed by atoms with Crippen LogP contribution in [0.1, 0.15) is 18.4 Å². The summed E-state index contributed by atoms with van der Waals surface area (Å²) in [5, 5.41) is 0. The second-order valence-corrected chi connectivity index (χ2v) is 3.39. The summed E-state index contributed by atoms with van der Waals surface area (Å²) in [6.45, 7) is 2.83. The van der Waals surface area contributed by atoms with Crippen molar-refractivity contribution in [3.8, 4) is 0 Å². The molecule has 0 aliphatic rings. The van der Waals surface area contributed by atoms with Crippen molar-refractivity contribution in [2.24, 2.45) is 5.92 Å². The molecule has 0 N–H and O–H groups in total. The second kappa shape index (κ2) is 5.25. The average molecular weight is 204 g/mol. The Kier molecular flexibility index (Phi) is 4.25. The third-order valence-corrected chi connectivity index (χ3v) is 2.09. The van der Waals surface area contributed by atoms with Gasteiger partial charge in [-0.05, 0) is 5.92 Å². The number of alkyl halides is 1. The number of hydrogen-bond donors (Lipinski definition) is 0. The molecule has 4 heteroatoms. The van der Waals surface area contributed by atoms with Crippen molar-refractivity contribution in [3.63, 3.8) is 0 Å². The van der Waals surface area contributed by atoms with Gasteiger partial charge >= 0.3 is 0 Å². The van der Waals surface area contributed by atoms with Gasteiger partial charge in [0.15, 0.2) is 6.39 Å². The van der Waals surface area contributed by atoms with Gasteiger partial charge in [0.1, 0.15) is 5.76 Å². The zero-order valence-electron chi connectivity index (χ0n) is 7.92. The van der Waals surface area contributed by atoms with Crippen LogP contribution >= 0.6 is 11.6 Å². The predicted molar refractivity (Wildman–Crippen MR) is 50.8 cm³/mol. The van der Waals surface area contributed by atoms with Crippen molar-refractivity contribution in [3.05, 3.63) is 17.8 Å². The molecule has 0 aliphatic heterocycles. The lowest BCUT2D eigenvalue weighted by Crippen LogP contribution is -2.07. The molecule has 0 spiro atoms. The van der Waals surface area contributed by atoms with Gasteiger partial charge in [0, 0.05) is 20.1 Å². The Morgan fingerprint density at radius 3 is 3.08 bits per heavy atom. The van der Waals surface area contributed by atoms with Gasteiger partial charge in [0.2, 0.25) is 0 Å². The van der Waals surface area contributed by atoms with Crippen molar-refractivity contribution in [1.82, 2.24) is 4.98 Å². The Hall–Kier alpha value is -0.540. The third-order valence-electron chi connectivity index (χ3n) is 1.84. The van der Waals surface area contributed by atoms with E-state index in [1.165, 1.54) is 6.39 Å². The molecule has 13 heavy (non-hydrogen) atoms. The highest BCUT2D eigenvalue weighted by Crippen LogP contribution is 2.14. The summed E-state index contributed by atoms with van der Waals surface area (Å²) in [4.78, 5) is 4.01. The van der Waals surface area contributed by atoms with Gasteiger partial charge < -0.3 is 9.15 Å². The van der Waals surface area contributed by atoms with E-state index < -0.39 is 0 Å². The molecule has 0 aromatic carbocycles. The highest BCUT2D eigenvalue weighted by molar-refractivity contribution is 6.16. The zero-order valence-corrected chi connectivity index (χ0v) is 8.67. The summed E-state index contributed by atoms with van der Waals surface area (Å²) < 4.78 is 10.3. The van der Waals surface area contributed by atoms with Crippen LogP contribution in [0.5, 0.6) is 0 Å². The Bertz CT molecular complexity index is 250. The highest BCUT2D eigenvalue weighted by Gasteiger charge is 2.11. The molecule has 0 saturated heterocycles. The van der Waals surface area contributed by atoms with E-state index in [0.717, 1.165) is 24.5 Å². The molecule has 0 aliphatic carbocycles. The molecular formula is C9H14ClNO2.